The van der Waals surface area contributed by atoms with Gasteiger partial charge in [-0.15, -0.1) is 0 Å². The van der Waals surface area contributed by atoms with Crippen molar-refractivity contribution in [2.75, 3.05) is 61.7 Å². The van der Waals surface area contributed by atoms with Gasteiger partial charge in [-0.2, -0.15) is 67.3 Å². The molecular weight excluding hydrogens is 1440 g/mol. The first-order valence-corrected chi connectivity index (χ1v) is 34.3. The maximum atomic E-state index is 13.1. The van der Waals surface area contributed by atoms with E-state index in [-0.39, 0.29) is 94.8 Å². The van der Waals surface area contributed by atoms with Crippen molar-refractivity contribution in [3.8, 4) is 66.4 Å². The third-order valence-electron chi connectivity index (χ3n) is 17.4. The molecule has 0 unspecified atom stereocenters. The fourth-order valence-corrected chi connectivity index (χ4v) is 12.0. The number of fused-ring (bicyclic) bond motifs is 2. The number of H-pyrrole nitrogens is 2. The minimum Gasteiger partial charge on any atom is -0.480 e. The van der Waals surface area contributed by atoms with Crippen LogP contribution in [0.2, 0.25) is 0 Å². The zero-order chi connectivity index (χ0) is 81.7. The average molecular weight is 1510 g/mol. The summed E-state index contributed by atoms with van der Waals surface area (Å²) in [5.41, 5.74) is 25.8. The molecule has 31 nitrogen and oxygen atoms in total. The van der Waals surface area contributed by atoms with E-state index in [9.17, 15) is 35.5 Å². The molecular formula is C81H72FN23O8. The molecule has 0 bridgehead atoms. The second kappa shape index (κ2) is 36.3. The first kappa shape index (κ1) is 81.4. The Balaban J connectivity index is 0.000000187. The van der Waals surface area contributed by atoms with Gasteiger partial charge in [0.05, 0.1) is 25.8 Å². The van der Waals surface area contributed by atoms with E-state index in [1.165, 1.54) is 36.9 Å². The summed E-state index contributed by atoms with van der Waals surface area (Å²) in [6.07, 6.45) is 2.49. The average Bonchev–Trinajstić information content (AvgIpc) is 1.62. The Hall–Kier alpha value is -15.6. The van der Waals surface area contributed by atoms with Gasteiger partial charge in [-0.25, -0.2) is 19.2 Å². The predicted molar refractivity (Wildman–Crippen MR) is 411 cm³/mol. The standard InChI is InChI=1S/C33H30N10O4.C19H18N4O2.C16H10FN3O.C13H14N6O/c1-33(2)26(25(16-36)28(47-33)23(14-34)15-35)22-8-10-24(11-9-22)43(3)12-13-45-32(44)38-17-20-4-6-21(7-5-20)18-46-30-27-29(40-19-39-27)41-31(37)42-30;1-19(2)17(16(12-22)18(25-19)14(10-20)11-21)13-4-6-15(7-5-13)23(3)8-9-24;1-16(2)14(10-3-5-12(17)6-4-10)13(9-20)15(21-16)11(7-18)8-19;14-5-8-1-3-9(4-2-8)6-20-12-10-11(17-7-16-10)18-13(15)19-12/h4-11,19H,12-13,17-18H2,1-3H3,(H,38,44)(H3,37,39,40,41,42);4-7,24H,8-9H2,1-3H3;3-6H,1-2H3;1-4,7H,5-6,14H2,(H3,15,16,17,18,19). The van der Waals surface area contributed by atoms with Gasteiger partial charge in [-0.05, 0) is 117 Å². The van der Waals surface area contributed by atoms with Crippen LogP contribution in [0.15, 0.2) is 185 Å². The van der Waals surface area contributed by atoms with Crippen LogP contribution in [0, 0.1) is 108 Å². The van der Waals surface area contributed by atoms with Crippen molar-refractivity contribution >= 4 is 68.4 Å². The minimum atomic E-state index is -0.911. The number of anilines is 4. The van der Waals surface area contributed by atoms with Crippen molar-refractivity contribution in [3.63, 3.8) is 0 Å². The van der Waals surface area contributed by atoms with E-state index in [2.05, 4.69) is 57.3 Å². The largest absolute Gasteiger partial charge is 0.480 e. The van der Waals surface area contributed by atoms with E-state index in [4.69, 9.17) is 71.8 Å². The van der Waals surface area contributed by atoms with Crippen molar-refractivity contribution in [3.05, 3.63) is 229 Å². The first-order chi connectivity index (χ1) is 54.2. The molecule has 4 aromatic heterocycles. The molecule has 7 heterocycles. The number of nitrogens with two attached hydrogens (primary N) is 3. The second-order valence-electron chi connectivity index (χ2n) is 26.3. The Kier molecular flexibility index (Phi) is 26.2. The van der Waals surface area contributed by atoms with Gasteiger partial charge in [0.15, 0.2) is 45.3 Å². The van der Waals surface area contributed by atoms with E-state index in [0.717, 1.165) is 44.8 Å². The number of nitrogens with one attached hydrogen (secondary N) is 3. The molecule has 0 saturated carbocycles. The van der Waals surface area contributed by atoms with Crippen LogP contribution in [0.3, 0.4) is 0 Å². The molecule has 9 aromatic rings. The number of hydrogen-bond acceptors (Lipinski definition) is 28. The fourth-order valence-electron chi connectivity index (χ4n) is 12.0. The van der Waals surface area contributed by atoms with Crippen LogP contribution in [0.4, 0.5) is 32.5 Å². The number of hydrogen-bond donors (Lipinski definition) is 7. The van der Waals surface area contributed by atoms with Crippen LogP contribution in [-0.2, 0) is 45.3 Å². The van der Waals surface area contributed by atoms with Gasteiger partial charge >= 0.3 is 6.09 Å². The third-order valence-corrected chi connectivity index (χ3v) is 17.4. The monoisotopic (exact) mass is 1510 g/mol. The van der Waals surface area contributed by atoms with Crippen LogP contribution in [0.25, 0.3) is 39.0 Å². The Morgan fingerprint density at radius 2 is 0.858 bits per heavy atom. The van der Waals surface area contributed by atoms with Crippen LogP contribution in [-0.4, -0.2) is 108 Å². The number of rotatable bonds is 19. The maximum absolute atomic E-state index is 13.1. The number of allylic oxidation sites excluding steroid dienone is 6. The zero-order valence-corrected chi connectivity index (χ0v) is 62.4. The molecule has 32 heteroatoms. The number of aromatic nitrogens is 8. The molecule has 113 heavy (non-hydrogen) atoms. The van der Waals surface area contributed by atoms with Gasteiger partial charge in [0.2, 0.25) is 23.7 Å². The third kappa shape index (κ3) is 19.2. The Morgan fingerprint density at radius 1 is 0.513 bits per heavy atom. The number of carbonyl (C=O) groups is 1. The van der Waals surface area contributed by atoms with Crippen molar-refractivity contribution in [1.29, 1.82) is 47.4 Å². The quantitative estimate of drug-likeness (QED) is 0.0370. The highest BCUT2D eigenvalue weighted by Crippen LogP contribution is 2.48. The number of ether oxygens (including phenoxy) is 6. The fraction of sp³-hybridized carbons (Fsp3) is 0.235. The van der Waals surface area contributed by atoms with Crippen molar-refractivity contribution in [2.24, 2.45) is 5.73 Å². The smallest absolute Gasteiger partial charge is 0.407 e. The van der Waals surface area contributed by atoms with Gasteiger partial charge in [0.1, 0.15) is 125 Å². The number of aliphatic hydroxyl groups is 1. The summed E-state index contributed by atoms with van der Waals surface area (Å²) < 4.78 is 47.2. The Morgan fingerprint density at radius 3 is 1.20 bits per heavy atom. The number of carbonyl (C=O) groups excluding carboxylic acids is 1. The van der Waals surface area contributed by atoms with Crippen molar-refractivity contribution < 1.29 is 42.7 Å². The number of benzene rings is 5. The number of nitrogen functional groups attached to an aromatic ring is 2. The molecule has 10 N–H and O–H groups in total. The second-order valence-corrected chi connectivity index (χ2v) is 26.3. The van der Waals surface area contributed by atoms with Crippen molar-refractivity contribution in [1.82, 2.24) is 45.2 Å². The summed E-state index contributed by atoms with van der Waals surface area (Å²) in [6, 6.07) is 52.8. The van der Waals surface area contributed by atoms with Crippen LogP contribution in [0.5, 0.6) is 11.8 Å². The van der Waals surface area contributed by atoms with Gasteiger partial charge in [-0.3, -0.25) is 0 Å². The molecule has 3 aliphatic heterocycles. The number of amides is 1. The molecule has 12 rings (SSSR count). The Labute approximate surface area is 648 Å². The lowest BCUT2D eigenvalue weighted by Gasteiger charge is -2.24. The highest BCUT2D eigenvalue weighted by Gasteiger charge is 2.43. The number of nitriles is 9. The summed E-state index contributed by atoms with van der Waals surface area (Å²) >= 11 is 0. The summed E-state index contributed by atoms with van der Waals surface area (Å²) in [5.74, 6) is 0.547. The van der Waals surface area contributed by atoms with Gasteiger partial charge in [0.25, 0.3) is 0 Å². The number of nitrogens with zero attached hydrogens (tertiary/aromatic N) is 17. The molecule has 0 aliphatic carbocycles. The number of likely N-dealkylation sites (N-methyl/N-ethyl adjacent to an activating group) is 2. The highest BCUT2D eigenvalue weighted by molar-refractivity contribution is 5.87. The van der Waals surface area contributed by atoms with Crippen LogP contribution >= 0.6 is 0 Å². The number of imidazole rings is 2. The number of aromatic amines is 2. The molecule has 0 radical (unpaired) electrons. The normalized spacial score (nSPS) is 13.7. The molecule has 0 fully saturated rings. The summed E-state index contributed by atoms with van der Waals surface area (Å²) in [6.45, 7) is 13.2. The topological polar surface area (TPSA) is 512 Å². The van der Waals surface area contributed by atoms with Crippen LogP contribution < -0.4 is 41.8 Å². The molecule has 0 atom stereocenters. The van der Waals surface area contributed by atoms with Crippen LogP contribution in [0.1, 0.15) is 80.5 Å². The first-order valence-electron chi connectivity index (χ1n) is 34.3. The number of aliphatic hydroxyl groups excluding tert-OH is 1. The predicted octanol–water partition coefficient (Wildman–Crippen LogP) is 11.0. The molecule has 1 amide bonds. The Bertz CT molecular complexity index is 5650. The van der Waals surface area contributed by atoms with E-state index in [1.54, 1.807) is 78.0 Å². The van der Waals surface area contributed by atoms with E-state index < -0.39 is 22.9 Å². The lowest BCUT2D eigenvalue weighted by molar-refractivity contribution is 0.109. The molecule has 5 aromatic carbocycles. The van der Waals surface area contributed by atoms with E-state index >= 15 is 0 Å². The summed E-state index contributed by atoms with van der Waals surface area (Å²) in [7, 11) is 3.75. The van der Waals surface area contributed by atoms with Crippen molar-refractivity contribution in [2.45, 2.75) is 84.6 Å². The molecule has 3 aliphatic rings. The van der Waals surface area contributed by atoms with E-state index in [1.807, 2.05) is 127 Å². The highest BCUT2D eigenvalue weighted by atomic mass is 19.1. The van der Waals surface area contributed by atoms with Gasteiger partial charge < -0.3 is 75.8 Å². The molecule has 566 valence electrons. The number of alkyl carbamates (subject to hydrolysis) is 1. The molecule has 0 saturated heterocycles. The van der Waals surface area contributed by atoms with Gasteiger partial charge in [0, 0.05) is 61.8 Å². The SMILES string of the molecule is CC1(C)OC(=C(C#N)C#N)C(C#N)=C1c1ccc(F)cc1.CN(CCO)c1ccc(C2=C(C#N)C(=C(C#N)C#N)OC2(C)C)cc1.CN(CCOC(=O)NCc1ccc(COc2nc(N)nc3nc[nH]c23)cc1)c1ccc(C2=C(C#N)C(=C(C#N)C#N)OC2(C)C)cc1.NCc1ccc(COc2nc(N)nc3nc[nH]c23)cc1. The summed E-state index contributed by atoms with van der Waals surface area (Å²) in [5, 5.41) is 95.3. The maximum Gasteiger partial charge on any atom is 0.407 e. The minimum absolute atomic E-state index is 0.00151. The van der Waals surface area contributed by atoms with E-state index in [0.29, 0.717) is 82.6 Å². The molecule has 0 spiro atoms. The van der Waals surface area contributed by atoms with Gasteiger partial charge in [-0.1, -0.05) is 84.9 Å². The number of halogens is 1. The summed E-state index contributed by atoms with van der Waals surface area (Å²) in [4.78, 5) is 46.4. The zero-order valence-electron chi connectivity index (χ0n) is 62.4. The lowest BCUT2D eigenvalue weighted by atomic mass is 9.89. The lowest BCUT2D eigenvalue weighted by Crippen LogP contribution is -2.29.